The molecule has 0 unspecified atom stereocenters. The van der Waals surface area contributed by atoms with E-state index in [0.717, 1.165) is 60.2 Å². The third-order valence-electron chi connectivity index (χ3n) is 8.54. The van der Waals surface area contributed by atoms with Gasteiger partial charge >= 0.3 is 0 Å². The standard InChI is InChI=1S/C25H25N5O/c26-14-25(12-23(13-25)4-5-23)18-2-1-17-11-28-30(21(17)7-18)19-3-6-27-22(8-19)29-15-24(16-31)9-20(29)10-24/h1-3,6-8,11,20,31H,4-5,9-10,12-13,15-16H2. The molecule has 31 heavy (non-hydrogen) atoms. The highest BCUT2D eigenvalue weighted by Gasteiger charge is 2.62. The third kappa shape index (κ3) is 2.36. The summed E-state index contributed by atoms with van der Waals surface area (Å²) in [5.74, 6) is 0.957. The van der Waals surface area contributed by atoms with Crippen LogP contribution in [0.4, 0.5) is 5.82 Å². The molecule has 8 rings (SSSR count). The fourth-order valence-electron chi connectivity index (χ4n) is 6.55. The van der Waals surface area contributed by atoms with Gasteiger partial charge < -0.3 is 10.0 Å². The second-order valence-electron chi connectivity index (χ2n) is 10.6. The monoisotopic (exact) mass is 411 g/mol. The van der Waals surface area contributed by atoms with Crippen molar-refractivity contribution >= 4 is 16.7 Å². The van der Waals surface area contributed by atoms with E-state index < -0.39 is 0 Å². The molecule has 2 aliphatic heterocycles. The van der Waals surface area contributed by atoms with Crippen LogP contribution in [0, 0.1) is 22.2 Å². The van der Waals surface area contributed by atoms with Gasteiger partial charge in [0, 0.05) is 35.7 Å². The van der Waals surface area contributed by atoms with Gasteiger partial charge in [0.1, 0.15) is 5.82 Å². The quantitative estimate of drug-likeness (QED) is 0.708. The molecule has 1 N–H and O–H groups in total. The molecule has 3 saturated carbocycles. The van der Waals surface area contributed by atoms with Crippen LogP contribution < -0.4 is 4.90 Å². The van der Waals surface area contributed by atoms with Crippen LogP contribution in [-0.4, -0.2) is 39.1 Å². The van der Waals surface area contributed by atoms with Gasteiger partial charge in [-0.05, 0) is 61.6 Å². The molecule has 0 amide bonds. The van der Waals surface area contributed by atoms with Crippen LogP contribution in [0.3, 0.4) is 0 Å². The van der Waals surface area contributed by atoms with Crippen LogP contribution in [0.1, 0.15) is 44.1 Å². The first-order valence-electron chi connectivity index (χ1n) is 11.3. The van der Waals surface area contributed by atoms with Crippen LogP contribution in [0.5, 0.6) is 0 Å². The van der Waals surface area contributed by atoms with Crippen molar-refractivity contribution in [3.8, 4) is 11.8 Å². The molecule has 0 radical (unpaired) electrons. The van der Waals surface area contributed by atoms with E-state index in [4.69, 9.17) is 0 Å². The van der Waals surface area contributed by atoms with E-state index in [1.54, 1.807) is 0 Å². The summed E-state index contributed by atoms with van der Waals surface area (Å²) >= 11 is 0. The van der Waals surface area contributed by atoms with Gasteiger partial charge in [-0.1, -0.05) is 12.1 Å². The molecule has 0 atom stereocenters. The second-order valence-corrected chi connectivity index (χ2v) is 10.6. The lowest BCUT2D eigenvalue weighted by Crippen LogP contribution is -2.41. The lowest BCUT2D eigenvalue weighted by Gasteiger charge is -2.44. The minimum Gasteiger partial charge on any atom is -0.396 e. The van der Waals surface area contributed by atoms with Crippen LogP contribution in [0.15, 0.2) is 42.7 Å². The Morgan fingerprint density at radius 2 is 2.00 bits per heavy atom. The number of anilines is 1. The average Bonchev–Trinajstić information content (AvgIpc) is 3.12. The maximum absolute atomic E-state index is 9.98. The number of aliphatic hydroxyl groups excluding tert-OH is 1. The summed E-state index contributed by atoms with van der Waals surface area (Å²) < 4.78 is 1.98. The number of benzene rings is 1. The molecule has 3 aliphatic carbocycles. The fraction of sp³-hybridized carbons (Fsp3) is 0.480. The molecule has 6 nitrogen and oxygen atoms in total. The summed E-state index contributed by atoms with van der Waals surface area (Å²) in [7, 11) is 0. The molecule has 5 aliphatic rings. The molecule has 1 aromatic carbocycles. The molecule has 3 aromatic rings. The molecule has 5 fully saturated rings. The zero-order valence-electron chi connectivity index (χ0n) is 17.5. The van der Waals surface area contributed by atoms with Crippen LogP contribution >= 0.6 is 0 Å². The molecule has 2 saturated heterocycles. The van der Waals surface area contributed by atoms with Crippen molar-refractivity contribution in [2.45, 2.75) is 50.0 Å². The van der Waals surface area contributed by atoms with Crippen molar-refractivity contribution in [3.63, 3.8) is 0 Å². The van der Waals surface area contributed by atoms with Gasteiger partial charge in [0.2, 0.25) is 0 Å². The number of hydrogen-bond acceptors (Lipinski definition) is 5. The number of nitrogens with zero attached hydrogens (tertiary/aromatic N) is 5. The van der Waals surface area contributed by atoms with Crippen molar-refractivity contribution in [3.05, 3.63) is 48.3 Å². The topological polar surface area (TPSA) is 78.0 Å². The smallest absolute Gasteiger partial charge is 0.130 e. The highest BCUT2D eigenvalue weighted by atomic mass is 16.3. The minimum absolute atomic E-state index is 0.0724. The van der Waals surface area contributed by atoms with Gasteiger partial charge in [-0.15, -0.1) is 0 Å². The Labute approximate surface area is 181 Å². The molecular formula is C25H25N5O. The van der Waals surface area contributed by atoms with E-state index in [1.807, 2.05) is 23.1 Å². The van der Waals surface area contributed by atoms with Crippen molar-refractivity contribution in [2.24, 2.45) is 10.8 Å². The molecule has 6 heteroatoms. The fourth-order valence-corrected chi connectivity index (χ4v) is 6.55. The van der Waals surface area contributed by atoms with Crippen molar-refractivity contribution < 1.29 is 5.11 Å². The average molecular weight is 412 g/mol. The molecule has 2 aromatic heterocycles. The number of fused-ring (bicyclic) bond motifs is 2. The lowest BCUT2D eigenvalue weighted by molar-refractivity contribution is 0.0873. The normalized spacial score (nSPS) is 28.9. The third-order valence-corrected chi connectivity index (χ3v) is 8.54. The van der Waals surface area contributed by atoms with Crippen molar-refractivity contribution in [1.82, 2.24) is 14.8 Å². The zero-order chi connectivity index (χ0) is 20.8. The van der Waals surface area contributed by atoms with Crippen LogP contribution in [-0.2, 0) is 5.41 Å². The Balaban J connectivity index is 1.26. The molecule has 156 valence electrons. The number of pyridine rings is 1. The number of rotatable bonds is 4. The van der Waals surface area contributed by atoms with Gasteiger partial charge in [0.15, 0.2) is 0 Å². The molecule has 2 bridgehead atoms. The van der Waals surface area contributed by atoms with E-state index in [1.165, 1.54) is 12.8 Å². The second kappa shape index (κ2) is 5.66. The zero-order valence-corrected chi connectivity index (χ0v) is 17.5. The summed E-state index contributed by atoms with van der Waals surface area (Å²) in [6.45, 7) is 1.13. The van der Waals surface area contributed by atoms with E-state index in [-0.39, 0.29) is 17.4 Å². The number of nitriles is 1. The van der Waals surface area contributed by atoms with E-state index >= 15 is 0 Å². The summed E-state index contributed by atoms with van der Waals surface area (Å²) in [5.41, 5.74) is 3.35. The first-order chi connectivity index (χ1) is 15.1. The molecular weight excluding hydrogens is 386 g/mol. The maximum atomic E-state index is 9.98. The predicted octanol–water partition coefficient (Wildman–Crippen LogP) is 3.72. The summed E-state index contributed by atoms with van der Waals surface area (Å²) in [4.78, 5) is 6.97. The predicted molar refractivity (Wildman–Crippen MR) is 117 cm³/mol. The maximum Gasteiger partial charge on any atom is 0.130 e. The Hall–Kier alpha value is -2.91. The van der Waals surface area contributed by atoms with Crippen LogP contribution in [0.2, 0.25) is 0 Å². The Morgan fingerprint density at radius 3 is 2.71 bits per heavy atom. The molecule has 4 heterocycles. The van der Waals surface area contributed by atoms with E-state index in [2.05, 4.69) is 45.3 Å². The Morgan fingerprint density at radius 1 is 1.16 bits per heavy atom. The SMILES string of the molecule is N#CC1(c2ccc3cnn(-c4ccnc(N5CC6(CO)CC5C6)c4)c3c2)CC2(CC2)C1. The first kappa shape index (κ1) is 17.7. The van der Waals surface area contributed by atoms with Gasteiger partial charge in [0.05, 0.1) is 35.5 Å². The number of hydrogen-bond donors (Lipinski definition) is 1. The van der Waals surface area contributed by atoms with Gasteiger partial charge in [-0.25, -0.2) is 9.67 Å². The summed E-state index contributed by atoms with van der Waals surface area (Å²) in [6, 6.07) is 13.6. The lowest BCUT2D eigenvalue weighted by atomic mass is 9.57. The van der Waals surface area contributed by atoms with E-state index in [0.29, 0.717) is 11.5 Å². The largest absolute Gasteiger partial charge is 0.396 e. The summed E-state index contributed by atoms with van der Waals surface area (Å²) in [5, 5.41) is 25.5. The minimum atomic E-state index is -0.335. The molecule has 1 spiro atoms. The highest BCUT2D eigenvalue weighted by molar-refractivity contribution is 5.81. The number of aromatic nitrogens is 3. The first-order valence-corrected chi connectivity index (χ1v) is 11.3. The summed E-state index contributed by atoms with van der Waals surface area (Å²) in [6.07, 6.45) is 10.4. The van der Waals surface area contributed by atoms with Gasteiger partial charge in [-0.3, -0.25) is 0 Å². The van der Waals surface area contributed by atoms with E-state index in [9.17, 15) is 10.4 Å². The number of aliphatic hydroxyl groups is 1. The Bertz CT molecular complexity index is 1250. The van der Waals surface area contributed by atoms with Crippen molar-refractivity contribution in [2.75, 3.05) is 18.1 Å². The highest BCUT2D eigenvalue weighted by Crippen LogP contribution is 2.68. The van der Waals surface area contributed by atoms with Crippen molar-refractivity contribution in [1.29, 1.82) is 5.26 Å². The van der Waals surface area contributed by atoms with Gasteiger partial charge in [-0.2, -0.15) is 10.4 Å². The van der Waals surface area contributed by atoms with Crippen LogP contribution in [0.25, 0.3) is 16.6 Å². The van der Waals surface area contributed by atoms with Gasteiger partial charge in [0.25, 0.3) is 0 Å². The Kier molecular flexibility index (Phi) is 3.24.